The molecule has 0 aromatic rings. The Hall–Kier alpha value is -1.52. The highest BCUT2D eigenvalue weighted by Crippen LogP contribution is 2.43. The molecule has 2 amide bonds. The fourth-order valence-electron chi connectivity index (χ4n) is 3.25. The molecule has 18 heavy (non-hydrogen) atoms. The maximum absolute atomic E-state index is 11.9. The third kappa shape index (κ3) is 1.78. The number of nitrogens with zero attached hydrogens (tertiary/aromatic N) is 1. The van der Waals surface area contributed by atoms with Crippen LogP contribution in [0.1, 0.15) is 26.7 Å². The molecule has 0 aromatic carbocycles. The molecular formula is C13H17NO4. The van der Waals surface area contributed by atoms with E-state index in [1.54, 1.807) is 0 Å². The summed E-state index contributed by atoms with van der Waals surface area (Å²) >= 11 is 0. The minimum atomic E-state index is -0.410. The number of rotatable bonds is 2. The monoisotopic (exact) mass is 251 g/mol. The Bertz CT molecular complexity index is 398. The Labute approximate surface area is 106 Å². The Morgan fingerprint density at radius 3 is 1.56 bits per heavy atom. The summed E-state index contributed by atoms with van der Waals surface area (Å²) in [5, 5.41) is 0. The fourth-order valence-corrected chi connectivity index (χ4v) is 3.25. The molecule has 5 nitrogen and oxygen atoms in total. The van der Waals surface area contributed by atoms with Crippen molar-refractivity contribution in [3.63, 3.8) is 0 Å². The first-order chi connectivity index (χ1) is 8.34. The van der Waals surface area contributed by atoms with Gasteiger partial charge in [-0.05, 0) is 26.7 Å². The average Bonchev–Trinajstić information content (AvgIpc) is 2.53. The van der Waals surface area contributed by atoms with E-state index in [0.29, 0.717) is 12.8 Å². The molecule has 0 spiro atoms. The van der Waals surface area contributed by atoms with Crippen molar-refractivity contribution in [3.8, 4) is 0 Å². The lowest BCUT2D eigenvalue weighted by Crippen LogP contribution is -2.39. The zero-order valence-electron chi connectivity index (χ0n) is 10.8. The Morgan fingerprint density at radius 2 is 1.28 bits per heavy atom. The lowest BCUT2D eigenvalue weighted by atomic mass is 9.67. The van der Waals surface area contributed by atoms with Crippen LogP contribution in [0.15, 0.2) is 0 Å². The van der Waals surface area contributed by atoms with Crippen molar-refractivity contribution in [2.24, 2.45) is 23.7 Å². The summed E-state index contributed by atoms with van der Waals surface area (Å²) in [5.41, 5.74) is 0. The first-order valence-corrected chi connectivity index (χ1v) is 6.17. The topological polar surface area (TPSA) is 71.5 Å². The second-order valence-electron chi connectivity index (χ2n) is 5.35. The molecule has 98 valence electrons. The third-order valence-corrected chi connectivity index (χ3v) is 4.33. The molecule has 0 radical (unpaired) electrons. The van der Waals surface area contributed by atoms with Gasteiger partial charge in [-0.1, -0.05) is 0 Å². The van der Waals surface area contributed by atoms with E-state index in [4.69, 9.17) is 0 Å². The highest BCUT2D eigenvalue weighted by molar-refractivity contribution is 6.05. The first-order valence-electron chi connectivity index (χ1n) is 6.17. The second kappa shape index (κ2) is 4.30. The summed E-state index contributed by atoms with van der Waals surface area (Å²) < 4.78 is 0. The summed E-state index contributed by atoms with van der Waals surface area (Å²) in [6, 6.07) is 0. The number of amides is 2. The standard InChI is InChI=1S/C13H17NO4/c1-6(15)8-4-10-11(5-9(8)7(2)16)13(18)14(3)12(10)17/h8-11H,4-5H2,1-3H3. The van der Waals surface area contributed by atoms with Crippen molar-refractivity contribution in [2.75, 3.05) is 7.05 Å². The number of carbonyl (C=O) groups is 4. The predicted octanol–water partition coefficient (Wildman–Crippen LogP) is 0.422. The lowest BCUT2D eigenvalue weighted by molar-refractivity contribution is -0.138. The molecule has 4 unspecified atom stereocenters. The maximum atomic E-state index is 11.9. The number of likely N-dealkylation sites (tertiary alicyclic amines) is 1. The highest BCUT2D eigenvalue weighted by Gasteiger charge is 2.53. The van der Waals surface area contributed by atoms with Crippen molar-refractivity contribution < 1.29 is 19.2 Å². The van der Waals surface area contributed by atoms with Crippen LogP contribution in [0, 0.1) is 23.7 Å². The van der Waals surface area contributed by atoms with Gasteiger partial charge in [-0.3, -0.25) is 24.1 Å². The van der Waals surface area contributed by atoms with E-state index in [0.717, 1.165) is 4.90 Å². The van der Waals surface area contributed by atoms with Crippen molar-refractivity contribution in [1.82, 2.24) is 4.90 Å². The van der Waals surface area contributed by atoms with Gasteiger partial charge in [0.15, 0.2) is 0 Å². The van der Waals surface area contributed by atoms with E-state index in [-0.39, 0.29) is 23.4 Å². The normalized spacial score (nSPS) is 35.6. The SMILES string of the molecule is CC(=O)C1CC2C(=O)N(C)C(=O)C2CC1C(C)=O. The molecule has 1 aliphatic carbocycles. The number of carbonyl (C=O) groups excluding carboxylic acids is 4. The minimum Gasteiger partial charge on any atom is -0.300 e. The molecule has 4 atom stereocenters. The van der Waals surface area contributed by atoms with Gasteiger partial charge in [0.25, 0.3) is 0 Å². The largest absolute Gasteiger partial charge is 0.300 e. The van der Waals surface area contributed by atoms with Crippen molar-refractivity contribution in [1.29, 1.82) is 0 Å². The first kappa shape index (κ1) is 12.9. The molecule has 0 N–H and O–H groups in total. The second-order valence-corrected chi connectivity index (χ2v) is 5.35. The average molecular weight is 251 g/mol. The molecule has 1 heterocycles. The molecule has 5 heteroatoms. The van der Waals surface area contributed by atoms with Crippen LogP contribution in [0.5, 0.6) is 0 Å². The van der Waals surface area contributed by atoms with Crippen LogP contribution in [0.3, 0.4) is 0 Å². The molecule has 2 rings (SSSR count). The molecular weight excluding hydrogens is 234 g/mol. The van der Waals surface area contributed by atoms with Gasteiger partial charge in [-0.15, -0.1) is 0 Å². The van der Waals surface area contributed by atoms with Gasteiger partial charge < -0.3 is 0 Å². The van der Waals surface area contributed by atoms with E-state index >= 15 is 0 Å². The van der Waals surface area contributed by atoms with Gasteiger partial charge in [0.1, 0.15) is 11.6 Å². The van der Waals surface area contributed by atoms with E-state index in [1.165, 1.54) is 20.9 Å². The van der Waals surface area contributed by atoms with Gasteiger partial charge in [0.05, 0.1) is 11.8 Å². The predicted molar refractivity (Wildman–Crippen MR) is 62.3 cm³/mol. The highest BCUT2D eigenvalue weighted by atomic mass is 16.2. The van der Waals surface area contributed by atoms with Crippen LogP contribution in [0.4, 0.5) is 0 Å². The Kier molecular flexibility index (Phi) is 3.09. The number of ketones is 2. The molecule has 1 aliphatic heterocycles. The van der Waals surface area contributed by atoms with Crippen LogP contribution >= 0.6 is 0 Å². The van der Waals surface area contributed by atoms with E-state index in [9.17, 15) is 19.2 Å². The van der Waals surface area contributed by atoms with E-state index in [2.05, 4.69) is 0 Å². The molecule has 2 fully saturated rings. The Balaban J connectivity index is 2.31. The molecule has 2 aliphatic rings. The van der Waals surface area contributed by atoms with Gasteiger partial charge in [-0.2, -0.15) is 0 Å². The van der Waals surface area contributed by atoms with E-state index < -0.39 is 23.7 Å². The number of Topliss-reactive ketones (excluding diaryl/α,β-unsaturated/α-hetero) is 2. The van der Waals surface area contributed by atoms with Gasteiger partial charge in [0.2, 0.25) is 11.8 Å². The molecule has 0 aromatic heterocycles. The smallest absolute Gasteiger partial charge is 0.232 e. The fraction of sp³-hybridized carbons (Fsp3) is 0.692. The Morgan fingerprint density at radius 1 is 0.944 bits per heavy atom. The third-order valence-electron chi connectivity index (χ3n) is 4.33. The zero-order chi connectivity index (χ0) is 13.6. The summed E-state index contributed by atoms with van der Waals surface area (Å²) in [7, 11) is 1.47. The van der Waals surface area contributed by atoms with E-state index in [1.807, 2.05) is 0 Å². The maximum Gasteiger partial charge on any atom is 0.232 e. The quantitative estimate of drug-likeness (QED) is 0.667. The van der Waals surface area contributed by atoms with Crippen molar-refractivity contribution >= 4 is 23.4 Å². The molecule has 0 bridgehead atoms. The van der Waals surface area contributed by atoms with Crippen LogP contribution < -0.4 is 0 Å². The molecule has 1 saturated heterocycles. The van der Waals surface area contributed by atoms with Crippen molar-refractivity contribution in [3.05, 3.63) is 0 Å². The summed E-state index contributed by atoms with van der Waals surface area (Å²) in [6.07, 6.45) is 0.665. The zero-order valence-corrected chi connectivity index (χ0v) is 10.8. The molecule has 1 saturated carbocycles. The number of hydrogen-bond acceptors (Lipinski definition) is 4. The lowest BCUT2D eigenvalue weighted by Gasteiger charge is -2.33. The minimum absolute atomic E-state index is 0.0662. The van der Waals surface area contributed by atoms with Gasteiger partial charge in [-0.25, -0.2) is 0 Å². The summed E-state index contributed by atoms with van der Waals surface area (Å²) in [6.45, 7) is 2.90. The number of imide groups is 1. The van der Waals surface area contributed by atoms with Crippen molar-refractivity contribution in [2.45, 2.75) is 26.7 Å². The number of hydrogen-bond donors (Lipinski definition) is 0. The number of fused-ring (bicyclic) bond motifs is 1. The van der Waals surface area contributed by atoms with Crippen LogP contribution in [0.2, 0.25) is 0 Å². The van der Waals surface area contributed by atoms with Crippen LogP contribution in [-0.4, -0.2) is 35.3 Å². The summed E-state index contributed by atoms with van der Waals surface area (Å²) in [5.74, 6) is -2.19. The van der Waals surface area contributed by atoms with Gasteiger partial charge in [0, 0.05) is 18.9 Å². The van der Waals surface area contributed by atoms with Crippen LogP contribution in [0.25, 0.3) is 0 Å². The summed E-state index contributed by atoms with van der Waals surface area (Å²) in [4.78, 5) is 48.2. The van der Waals surface area contributed by atoms with Crippen LogP contribution in [-0.2, 0) is 19.2 Å². The van der Waals surface area contributed by atoms with Gasteiger partial charge >= 0.3 is 0 Å².